The Morgan fingerprint density at radius 3 is 2.14 bits per heavy atom. The highest BCUT2D eigenvalue weighted by molar-refractivity contribution is 7.89. The molecule has 10 heteroatoms. The van der Waals surface area contributed by atoms with E-state index in [0.29, 0.717) is 11.8 Å². The number of rotatable bonds is 7. The number of hydrogen-bond donors (Lipinski definition) is 2. The second-order valence-electron chi connectivity index (χ2n) is 6.02. The lowest BCUT2D eigenvalue weighted by atomic mass is 10.2. The summed E-state index contributed by atoms with van der Waals surface area (Å²) in [6, 6.07) is 8.33. The SMILES string of the molecule is CC(=O)Nc1ccc(S(=O)(=O)N(C)CC(=O)NCc2cc(F)cc(F)c2)cc1. The maximum absolute atomic E-state index is 13.1. The van der Waals surface area contributed by atoms with Crippen molar-refractivity contribution < 1.29 is 26.8 Å². The van der Waals surface area contributed by atoms with Gasteiger partial charge in [0.15, 0.2) is 0 Å². The molecule has 2 aromatic rings. The third-order valence-corrected chi connectivity index (χ3v) is 5.48. The van der Waals surface area contributed by atoms with Gasteiger partial charge >= 0.3 is 0 Å². The van der Waals surface area contributed by atoms with E-state index in [1.165, 1.54) is 38.2 Å². The average Bonchev–Trinajstić information content (AvgIpc) is 2.59. The predicted molar refractivity (Wildman–Crippen MR) is 98.8 cm³/mol. The zero-order valence-corrected chi connectivity index (χ0v) is 16.0. The molecular formula is C18H19F2N3O4S. The van der Waals surface area contributed by atoms with Gasteiger partial charge in [-0.2, -0.15) is 4.31 Å². The molecule has 0 saturated heterocycles. The molecular weight excluding hydrogens is 392 g/mol. The third kappa shape index (κ3) is 5.83. The summed E-state index contributed by atoms with van der Waals surface area (Å²) in [6.07, 6.45) is 0. The van der Waals surface area contributed by atoms with Crippen molar-refractivity contribution in [3.8, 4) is 0 Å². The molecule has 2 N–H and O–H groups in total. The first kappa shape index (κ1) is 21.5. The Balaban J connectivity index is 1.98. The van der Waals surface area contributed by atoms with E-state index in [-0.39, 0.29) is 22.9 Å². The maximum Gasteiger partial charge on any atom is 0.243 e. The second kappa shape index (κ2) is 8.89. The number of anilines is 1. The van der Waals surface area contributed by atoms with Gasteiger partial charge in [0.2, 0.25) is 21.8 Å². The minimum atomic E-state index is -3.94. The number of halogens is 2. The van der Waals surface area contributed by atoms with Gasteiger partial charge in [0.05, 0.1) is 11.4 Å². The van der Waals surface area contributed by atoms with Crippen molar-refractivity contribution in [3.63, 3.8) is 0 Å². The fraction of sp³-hybridized carbons (Fsp3) is 0.222. The fourth-order valence-corrected chi connectivity index (χ4v) is 3.48. The minimum absolute atomic E-state index is 0.0518. The highest BCUT2D eigenvalue weighted by atomic mass is 32.2. The lowest BCUT2D eigenvalue weighted by molar-refractivity contribution is -0.121. The Morgan fingerprint density at radius 2 is 1.61 bits per heavy atom. The summed E-state index contributed by atoms with van der Waals surface area (Å²) >= 11 is 0. The number of carbonyl (C=O) groups is 2. The predicted octanol–water partition coefficient (Wildman–Crippen LogP) is 1.86. The molecule has 0 aromatic heterocycles. The molecule has 0 atom stereocenters. The van der Waals surface area contributed by atoms with Gasteiger partial charge in [0.25, 0.3) is 0 Å². The number of likely N-dealkylation sites (N-methyl/N-ethyl adjacent to an activating group) is 1. The number of hydrogen-bond acceptors (Lipinski definition) is 4. The molecule has 0 heterocycles. The summed E-state index contributed by atoms with van der Waals surface area (Å²) in [5.74, 6) is -2.47. The van der Waals surface area contributed by atoms with Crippen LogP contribution in [0.15, 0.2) is 47.4 Å². The van der Waals surface area contributed by atoms with Crippen LogP contribution in [-0.2, 0) is 26.2 Å². The first-order chi connectivity index (χ1) is 13.1. The molecule has 0 saturated carbocycles. The molecule has 150 valence electrons. The summed E-state index contributed by atoms with van der Waals surface area (Å²) in [6.45, 7) is 0.704. The van der Waals surface area contributed by atoms with E-state index in [4.69, 9.17) is 0 Å². The van der Waals surface area contributed by atoms with E-state index >= 15 is 0 Å². The van der Waals surface area contributed by atoms with Crippen LogP contribution in [0.5, 0.6) is 0 Å². The summed E-state index contributed by atoms with van der Waals surface area (Å²) in [5.41, 5.74) is 0.652. The van der Waals surface area contributed by atoms with Gasteiger partial charge < -0.3 is 10.6 Å². The minimum Gasteiger partial charge on any atom is -0.351 e. The Morgan fingerprint density at radius 1 is 1.04 bits per heavy atom. The van der Waals surface area contributed by atoms with Crippen LogP contribution >= 0.6 is 0 Å². The standard InChI is InChI=1S/C18H19F2N3O4S/c1-12(24)22-16-3-5-17(6-4-16)28(26,27)23(2)11-18(25)21-10-13-7-14(19)9-15(20)8-13/h3-9H,10-11H2,1-2H3,(H,21,25)(H,22,24). The van der Waals surface area contributed by atoms with Crippen molar-refractivity contribution in [1.29, 1.82) is 0 Å². The van der Waals surface area contributed by atoms with Crippen LogP contribution in [0, 0.1) is 11.6 Å². The number of benzene rings is 2. The molecule has 0 spiro atoms. The molecule has 0 aliphatic heterocycles. The lowest BCUT2D eigenvalue weighted by Crippen LogP contribution is -2.38. The fourth-order valence-electron chi connectivity index (χ4n) is 2.35. The van der Waals surface area contributed by atoms with Crippen LogP contribution < -0.4 is 10.6 Å². The van der Waals surface area contributed by atoms with Gasteiger partial charge in [-0.25, -0.2) is 17.2 Å². The topological polar surface area (TPSA) is 95.6 Å². The third-order valence-electron chi connectivity index (χ3n) is 3.66. The van der Waals surface area contributed by atoms with E-state index in [2.05, 4.69) is 10.6 Å². The van der Waals surface area contributed by atoms with Crippen LogP contribution in [-0.4, -0.2) is 38.1 Å². The average molecular weight is 411 g/mol. The first-order valence-corrected chi connectivity index (χ1v) is 9.57. The molecule has 0 unspecified atom stereocenters. The molecule has 0 fully saturated rings. The highest BCUT2D eigenvalue weighted by Crippen LogP contribution is 2.17. The highest BCUT2D eigenvalue weighted by Gasteiger charge is 2.23. The normalized spacial score (nSPS) is 11.3. The van der Waals surface area contributed by atoms with Crippen molar-refractivity contribution >= 4 is 27.5 Å². The summed E-state index contributed by atoms with van der Waals surface area (Å²) in [5, 5.41) is 4.93. The van der Waals surface area contributed by atoms with Crippen LogP contribution in [0.3, 0.4) is 0 Å². The van der Waals surface area contributed by atoms with Crippen molar-refractivity contribution in [2.45, 2.75) is 18.4 Å². The molecule has 2 amide bonds. The number of sulfonamides is 1. The van der Waals surface area contributed by atoms with Crippen LogP contribution in [0.25, 0.3) is 0 Å². The number of carbonyl (C=O) groups excluding carboxylic acids is 2. The quantitative estimate of drug-likeness (QED) is 0.727. The number of amides is 2. The molecule has 7 nitrogen and oxygen atoms in total. The molecule has 2 rings (SSSR count). The Bertz CT molecular complexity index is 959. The molecule has 0 bridgehead atoms. The van der Waals surface area contributed by atoms with Gasteiger partial charge in [0.1, 0.15) is 11.6 Å². The summed E-state index contributed by atoms with van der Waals surface area (Å²) < 4.78 is 52.2. The lowest BCUT2D eigenvalue weighted by Gasteiger charge is -2.17. The van der Waals surface area contributed by atoms with Crippen molar-refractivity contribution in [1.82, 2.24) is 9.62 Å². The molecule has 0 radical (unpaired) electrons. The van der Waals surface area contributed by atoms with E-state index in [1.54, 1.807) is 0 Å². The van der Waals surface area contributed by atoms with Crippen molar-refractivity contribution in [2.75, 3.05) is 18.9 Å². The van der Waals surface area contributed by atoms with E-state index in [1.807, 2.05) is 0 Å². The number of nitrogens with zero attached hydrogens (tertiary/aromatic N) is 1. The van der Waals surface area contributed by atoms with Gasteiger partial charge in [-0.05, 0) is 42.0 Å². The van der Waals surface area contributed by atoms with Crippen LogP contribution in [0.2, 0.25) is 0 Å². The van der Waals surface area contributed by atoms with Gasteiger partial charge in [-0.3, -0.25) is 9.59 Å². The van der Waals surface area contributed by atoms with E-state index in [9.17, 15) is 26.8 Å². The van der Waals surface area contributed by atoms with Crippen molar-refractivity contribution in [2.24, 2.45) is 0 Å². The van der Waals surface area contributed by atoms with Crippen molar-refractivity contribution in [3.05, 3.63) is 59.7 Å². The first-order valence-electron chi connectivity index (χ1n) is 8.13. The van der Waals surface area contributed by atoms with E-state index < -0.39 is 34.1 Å². The second-order valence-corrected chi connectivity index (χ2v) is 8.07. The van der Waals surface area contributed by atoms with Gasteiger partial charge in [-0.1, -0.05) is 0 Å². The monoisotopic (exact) mass is 411 g/mol. The zero-order chi connectivity index (χ0) is 20.9. The maximum atomic E-state index is 13.1. The molecule has 2 aromatic carbocycles. The Kier molecular flexibility index (Phi) is 6.81. The smallest absolute Gasteiger partial charge is 0.243 e. The van der Waals surface area contributed by atoms with Gasteiger partial charge in [0, 0.05) is 32.3 Å². The zero-order valence-electron chi connectivity index (χ0n) is 15.2. The van der Waals surface area contributed by atoms with E-state index in [0.717, 1.165) is 16.4 Å². The summed E-state index contributed by atoms with van der Waals surface area (Å²) in [7, 11) is -2.70. The summed E-state index contributed by atoms with van der Waals surface area (Å²) in [4.78, 5) is 22.9. The Labute approximate surface area is 161 Å². The molecule has 0 aliphatic rings. The molecule has 28 heavy (non-hydrogen) atoms. The largest absolute Gasteiger partial charge is 0.351 e. The number of nitrogens with one attached hydrogen (secondary N) is 2. The van der Waals surface area contributed by atoms with Crippen LogP contribution in [0.4, 0.5) is 14.5 Å². The van der Waals surface area contributed by atoms with Gasteiger partial charge in [-0.15, -0.1) is 0 Å². The van der Waals surface area contributed by atoms with Crippen LogP contribution in [0.1, 0.15) is 12.5 Å². The molecule has 0 aliphatic carbocycles. The Hall–Kier alpha value is -2.85.